The van der Waals surface area contributed by atoms with E-state index in [1.54, 1.807) is 18.3 Å². The minimum atomic E-state index is -4.99. The molecule has 0 atom stereocenters. The van der Waals surface area contributed by atoms with Crippen LogP contribution in [0.1, 0.15) is 11.1 Å². The maximum Gasteiger partial charge on any atom is 0.419 e. The molecule has 3 heterocycles. The Labute approximate surface area is 176 Å². The first-order valence-corrected chi connectivity index (χ1v) is 9.13. The Morgan fingerprint density at radius 2 is 1.84 bits per heavy atom. The van der Waals surface area contributed by atoms with Crippen molar-refractivity contribution in [1.29, 1.82) is 0 Å². The molecule has 6 nitrogen and oxygen atoms in total. The van der Waals surface area contributed by atoms with Gasteiger partial charge in [-0.1, -0.05) is 17.7 Å². The lowest BCUT2D eigenvalue weighted by Gasteiger charge is -2.16. The zero-order chi connectivity index (χ0) is 22.3. The Balaban J connectivity index is 1.87. The van der Waals surface area contributed by atoms with Gasteiger partial charge in [0.05, 0.1) is 23.4 Å². The van der Waals surface area contributed by atoms with Gasteiger partial charge in [-0.2, -0.15) is 18.2 Å². The summed E-state index contributed by atoms with van der Waals surface area (Å²) in [6, 6.07) is 8.08. The Bertz CT molecular complexity index is 1360. The van der Waals surface area contributed by atoms with Crippen LogP contribution in [0.3, 0.4) is 0 Å². The second kappa shape index (κ2) is 7.62. The molecule has 0 saturated carbocycles. The molecule has 0 fully saturated rings. The lowest BCUT2D eigenvalue weighted by Crippen LogP contribution is -2.37. The molecule has 0 bridgehead atoms. The lowest BCUT2D eigenvalue weighted by atomic mass is 10.1. The van der Waals surface area contributed by atoms with Crippen LogP contribution in [-0.2, 0) is 12.7 Å². The van der Waals surface area contributed by atoms with Crippen molar-refractivity contribution in [3.8, 4) is 17.1 Å². The molecule has 0 unspecified atom stereocenters. The number of rotatable bonds is 3. The number of aromatic nitrogens is 4. The predicted molar refractivity (Wildman–Crippen MR) is 104 cm³/mol. The number of halogens is 5. The summed E-state index contributed by atoms with van der Waals surface area (Å²) in [6.07, 6.45) is -1.88. The fourth-order valence-corrected chi connectivity index (χ4v) is 3.22. The van der Waals surface area contributed by atoms with Crippen molar-refractivity contribution in [3.63, 3.8) is 0 Å². The number of nitrogens with zero attached hydrogens (tertiary/aromatic N) is 4. The van der Waals surface area contributed by atoms with Gasteiger partial charge in [0.2, 0.25) is 0 Å². The quantitative estimate of drug-likeness (QED) is 0.352. The Morgan fingerprint density at radius 3 is 2.52 bits per heavy atom. The molecule has 1 aromatic carbocycles. The van der Waals surface area contributed by atoms with Crippen molar-refractivity contribution in [1.82, 2.24) is 19.1 Å². The van der Waals surface area contributed by atoms with E-state index in [-0.39, 0.29) is 17.9 Å². The van der Waals surface area contributed by atoms with Gasteiger partial charge in [0, 0.05) is 12.4 Å². The van der Waals surface area contributed by atoms with Crippen molar-refractivity contribution in [3.05, 3.63) is 97.8 Å². The van der Waals surface area contributed by atoms with Gasteiger partial charge in [-0.25, -0.2) is 18.7 Å². The summed E-state index contributed by atoms with van der Waals surface area (Å²) in [5, 5.41) is 0.298. The molecule has 11 heteroatoms. The maximum absolute atomic E-state index is 13.6. The Hall–Kier alpha value is -3.53. The monoisotopic (exact) mass is 450 g/mol. The van der Waals surface area contributed by atoms with Gasteiger partial charge in [0.1, 0.15) is 11.0 Å². The molecular formula is C20H11ClF4N4O2. The summed E-state index contributed by atoms with van der Waals surface area (Å²) in [5.41, 5.74) is -3.27. The summed E-state index contributed by atoms with van der Waals surface area (Å²) in [6.45, 7) is 0.214. The van der Waals surface area contributed by atoms with Gasteiger partial charge in [-0.15, -0.1) is 0 Å². The van der Waals surface area contributed by atoms with Crippen LogP contribution >= 0.6 is 11.6 Å². The minimum absolute atomic E-state index is 0.00177. The second-order valence-electron chi connectivity index (χ2n) is 6.56. The molecule has 31 heavy (non-hydrogen) atoms. The van der Waals surface area contributed by atoms with Crippen LogP contribution in [0.15, 0.2) is 64.4 Å². The first-order valence-electron chi connectivity index (χ1n) is 8.75. The number of benzene rings is 1. The summed E-state index contributed by atoms with van der Waals surface area (Å²) in [7, 11) is 0. The molecule has 0 N–H and O–H groups in total. The molecule has 0 saturated heterocycles. The van der Waals surface area contributed by atoms with Crippen molar-refractivity contribution >= 4 is 11.6 Å². The number of hydrogen-bond donors (Lipinski definition) is 0. The first-order chi connectivity index (χ1) is 14.6. The van der Waals surface area contributed by atoms with Gasteiger partial charge in [0.15, 0.2) is 5.82 Å². The minimum Gasteiger partial charge on any atom is -0.328 e. The smallest absolute Gasteiger partial charge is 0.328 e. The molecule has 158 valence electrons. The summed E-state index contributed by atoms with van der Waals surface area (Å²) < 4.78 is 54.7. The predicted octanol–water partition coefficient (Wildman–Crippen LogP) is 3.75. The number of pyridine rings is 2. The van der Waals surface area contributed by atoms with Crippen LogP contribution in [0.4, 0.5) is 17.6 Å². The van der Waals surface area contributed by atoms with E-state index in [1.165, 1.54) is 22.9 Å². The van der Waals surface area contributed by atoms with Crippen LogP contribution < -0.4 is 11.2 Å². The molecule has 0 aliphatic carbocycles. The zero-order valence-corrected chi connectivity index (χ0v) is 16.2. The van der Waals surface area contributed by atoms with Gasteiger partial charge in [-0.05, 0) is 42.0 Å². The summed E-state index contributed by atoms with van der Waals surface area (Å²) >= 11 is 5.77. The zero-order valence-electron chi connectivity index (χ0n) is 15.4. The van der Waals surface area contributed by atoms with Gasteiger partial charge in [0.25, 0.3) is 5.56 Å². The molecule has 0 amide bonds. The van der Waals surface area contributed by atoms with E-state index >= 15 is 0 Å². The molecular weight excluding hydrogens is 440 g/mol. The maximum atomic E-state index is 13.6. The molecule has 2 aliphatic rings. The van der Waals surface area contributed by atoms with Gasteiger partial charge < -0.3 is 4.57 Å². The summed E-state index contributed by atoms with van der Waals surface area (Å²) in [5.74, 6) is -1.47. The van der Waals surface area contributed by atoms with E-state index in [0.717, 1.165) is 6.07 Å². The van der Waals surface area contributed by atoms with E-state index in [1.807, 2.05) is 0 Å². The van der Waals surface area contributed by atoms with E-state index in [0.29, 0.717) is 27.4 Å². The molecule has 1 aromatic heterocycles. The molecule has 0 spiro atoms. The molecule has 2 aliphatic heterocycles. The average Bonchev–Trinajstić information content (AvgIpc) is 2.70. The Kier molecular flexibility index (Phi) is 5.10. The van der Waals surface area contributed by atoms with Crippen LogP contribution in [0, 0.1) is 5.82 Å². The van der Waals surface area contributed by atoms with Gasteiger partial charge >= 0.3 is 11.9 Å². The molecule has 0 radical (unpaired) electrons. The van der Waals surface area contributed by atoms with Crippen LogP contribution in [0.5, 0.6) is 0 Å². The highest BCUT2D eigenvalue weighted by molar-refractivity contribution is 6.29. The fourth-order valence-electron chi connectivity index (χ4n) is 3.10. The second-order valence-corrected chi connectivity index (χ2v) is 6.95. The molecule has 2 aromatic rings. The highest BCUT2D eigenvalue weighted by Crippen LogP contribution is 2.32. The number of fused-ring (bicyclic) bond motifs is 1. The lowest BCUT2D eigenvalue weighted by molar-refractivity contribution is -0.140. The standard InChI is InChI=1S/C20H11ClF4N4O2/c21-16-6-3-11(9-26-16)10-28-7-1-2-13-17(28)27-19(31)29(18(13)30)12-4-5-15(22)14(8-12)20(23,24)25/h1-9H,10H2. The van der Waals surface area contributed by atoms with E-state index in [2.05, 4.69) is 9.97 Å². The highest BCUT2D eigenvalue weighted by Gasteiger charge is 2.34. The van der Waals surface area contributed by atoms with Crippen LogP contribution in [0.2, 0.25) is 5.15 Å². The van der Waals surface area contributed by atoms with Crippen molar-refractivity contribution in [2.45, 2.75) is 12.7 Å². The van der Waals surface area contributed by atoms with Crippen LogP contribution in [-0.4, -0.2) is 19.1 Å². The topological polar surface area (TPSA) is 69.8 Å². The SMILES string of the molecule is O=c1nc2n(Cc3ccc(Cl)nc3)cccc-2c(=O)n1-c1ccc(F)c(C(F)(F)F)c1. The number of alkyl halides is 3. The van der Waals surface area contributed by atoms with E-state index < -0.39 is 34.5 Å². The van der Waals surface area contributed by atoms with Crippen LogP contribution in [0.25, 0.3) is 17.1 Å². The van der Waals surface area contributed by atoms with Gasteiger partial charge in [-0.3, -0.25) is 4.79 Å². The normalized spacial score (nSPS) is 11.8. The van der Waals surface area contributed by atoms with E-state index in [9.17, 15) is 27.2 Å². The third kappa shape index (κ3) is 3.93. The highest BCUT2D eigenvalue weighted by atomic mass is 35.5. The Morgan fingerprint density at radius 1 is 1.06 bits per heavy atom. The largest absolute Gasteiger partial charge is 0.419 e. The number of hydrogen-bond acceptors (Lipinski definition) is 4. The van der Waals surface area contributed by atoms with Crippen molar-refractivity contribution in [2.24, 2.45) is 0 Å². The molecule has 4 rings (SSSR count). The fraction of sp³-hybridized carbons (Fsp3) is 0.100. The first kappa shape index (κ1) is 20.7. The van der Waals surface area contributed by atoms with Crippen molar-refractivity contribution < 1.29 is 17.6 Å². The summed E-state index contributed by atoms with van der Waals surface area (Å²) in [4.78, 5) is 33.4. The average molecular weight is 451 g/mol. The third-order valence-corrected chi connectivity index (χ3v) is 4.75. The third-order valence-electron chi connectivity index (χ3n) is 4.52. The van der Waals surface area contributed by atoms with Crippen molar-refractivity contribution in [2.75, 3.05) is 0 Å². The van der Waals surface area contributed by atoms with E-state index in [4.69, 9.17) is 11.6 Å².